The summed E-state index contributed by atoms with van der Waals surface area (Å²) in [6, 6.07) is 73.4. The summed E-state index contributed by atoms with van der Waals surface area (Å²) in [5.74, 6) is 1.73. The molecule has 0 heterocycles. The maximum absolute atomic E-state index is 2.59. The summed E-state index contributed by atoms with van der Waals surface area (Å²) in [6.45, 7) is 13.9. The molecular formula is C64H61BSi. The van der Waals surface area contributed by atoms with Crippen LogP contribution in [0.5, 0.6) is 0 Å². The van der Waals surface area contributed by atoms with E-state index in [2.05, 4.69) is 230 Å². The number of rotatable bonds is 10. The predicted molar refractivity (Wildman–Crippen MR) is 284 cm³/mol. The van der Waals surface area contributed by atoms with Crippen molar-refractivity contribution in [3.8, 4) is 11.1 Å². The smallest absolute Gasteiger partial charge is 0.0680 e. The molecule has 2 bridgehead atoms. The van der Waals surface area contributed by atoms with Crippen molar-refractivity contribution in [3.05, 3.63) is 233 Å². The van der Waals surface area contributed by atoms with Gasteiger partial charge in [0.25, 0.3) is 0 Å². The Hall–Kier alpha value is -5.96. The third-order valence-electron chi connectivity index (χ3n) is 17.8. The van der Waals surface area contributed by atoms with Crippen LogP contribution in [0.3, 0.4) is 0 Å². The minimum atomic E-state index is -2.57. The van der Waals surface area contributed by atoms with Gasteiger partial charge in [-0.15, -0.1) is 0 Å². The van der Waals surface area contributed by atoms with Crippen molar-refractivity contribution < 1.29 is 0 Å². The first-order valence-corrected chi connectivity index (χ1v) is 26.7. The molecule has 1 spiro atoms. The molecule has 66 heavy (non-hydrogen) atoms. The molecular weight excluding hydrogens is 808 g/mol. The number of hydrogen-bond acceptors (Lipinski definition) is 0. The summed E-state index contributed by atoms with van der Waals surface area (Å²) in [5.41, 5.74) is 19.2. The summed E-state index contributed by atoms with van der Waals surface area (Å²) in [5, 5.41) is 5.79. The average molecular weight is 869 g/mol. The Labute approximate surface area is 395 Å². The number of aryl methyl sites for hydroxylation is 6. The van der Waals surface area contributed by atoms with E-state index in [0.717, 1.165) is 11.8 Å². The highest BCUT2D eigenvalue weighted by Gasteiger charge is 2.83. The molecule has 0 radical (unpaired) electrons. The van der Waals surface area contributed by atoms with Gasteiger partial charge in [-0.2, -0.15) is 0 Å². The summed E-state index contributed by atoms with van der Waals surface area (Å²) in [6.07, 6.45) is 6.79. The SMILES string of the molecule is Cc1cc(C)c(B(c2cccc(-c3ccc(C45CC6(c7ccc([Si](c8ccccc8)(c8ccccc8)c8ccccc8)cc7)CC7CC4(C5)C7C6)cc3)c2)c2c(C)cc(C)cc2C)c(C)c1. The molecule has 0 amide bonds. The van der Waals surface area contributed by atoms with Gasteiger partial charge in [0, 0.05) is 5.41 Å². The Balaban J connectivity index is 0.889. The van der Waals surface area contributed by atoms with Crippen LogP contribution in [0.15, 0.2) is 188 Å². The molecule has 4 fully saturated rings. The van der Waals surface area contributed by atoms with Gasteiger partial charge >= 0.3 is 0 Å². The fourth-order valence-corrected chi connectivity index (χ4v) is 20.2. The number of fused-ring (bicyclic) bond motifs is 1. The summed E-state index contributed by atoms with van der Waals surface area (Å²) in [4.78, 5) is 0. The molecule has 0 aromatic heterocycles. The summed E-state index contributed by atoms with van der Waals surface area (Å²) >= 11 is 0. The Morgan fingerprint density at radius 2 is 0.909 bits per heavy atom. The third kappa shape index (κ3) is 6.09. The molecule has 4 saturated carbocycles. The molecule has 12 rings (SSSR count). The van der Waals surface area contributed by atoms with E-state index in [1.165, 1.54) is 114 Å². The molecule has 8 aromatic carbocycles. The lowest BCUT2D eigenvalue weighted by atomic mass is 9.34. The topological polar surface area (TPSA) is 0 Å². The number of hydrogen-bond donors (Lipinski definition) is 0. The van der Waals surface area contributed by atoms with E-state index in [0.29, 0.717) is 5.41 Å². The van der Waals surface area contributed by atoms with Gasteiger partial charge in [-0.05, 0) is 139 Å². The van der Waals surface area contributed by atoms with E-state index in [1.807, 2.05) is 0 Å². The van der Waals surface area contributed by atoms with Crippen molar-refractivity contribution in [3.63, 3.8) is 0 Å². The quantitative estimate of drug-likeness (QED) is 0.0949. The van der Waals surface area contributed by atoms with E-state index in [9.17, 15) is 0 Å². The van der Waals surface area contributed by atoms with Crippen molar-refractivity contribution >= 4 is 51.9 Å². The molecule has 5 unspecified atom stereocenters. The van der Waals surface area contributed by atoms with E-state index >= 15 is 0 Å². The molecule has 0 aliphatic heterocycles. The van der Waals surface area contributed by atoms with Gasteiger partial charge in [0.15, 0.2) is 8.07 Å². The maximum atomic E-state index is 2.59. The zero-order valence-corrected chi connectivity index (χ0v) is 40.7. The fraction of sp³-hybridized carbons (Fsp3) is 0.250. The molecule has 4 aliphatic rings. The van der Waals surface area contributed by atoms with Crippen molar-refractivity contribution in [1.82, 2.24) is 0 Å². The van der Waals surface area contributed by atoms with Crippen LogP contribution in [0.2, 0.25) is 0 Å². The first kappa shape index (κ1) is 41.5. The van der Waals surface area contributed by atoms with Crippen LogP contribution in [0.25, 0.3) is 11.1 Å². The minimum absolute atomic E-state index is 0.166. The Kier molecular flexibility index (Phi) is 9.61. The van der Waals surface area contributed by atoms with Gasteiger partial charge in [0.05, 0.1) is 0 Å². The highest BCUT2D eigenvalue weighted by molar-refractivity contribution is 7.19. The normalized spacial score (nSPS) is 23.5. The van der Waals surface area contributed by atoms with Crippen LogP contribution in [-0.4, -0.2) is 14.8 Å². The second-order valence-electron chi connectivity index (χ2n) is 21.5. The largest absolute Gasteiger partial charge is 0.242 e. The number of benzene rings is 8. The average Bonchev–Trinajstić information content (AvgIpc) is 3.97. The minimum Gasteiger partial charge on any atom is -0.0680 e. The van der Waals surface area contributed by atoms with Crippen LogP contribution in [0, 0.1) is 58.8 Å². The molecule has 4 aliphatic carbocycles. The van der Waals surface area contributed by atoms with Gasteiger partial charge in [0.2, 0.25) is 6.71 Å². The Morgan fingerprint density at radius 3 is 1.42 bits per heavy atom. The van der Waals surface area contributed by atoms with Crippen LogP contribution >= 0.6 is 0 Å². The maximum Gasteiger partial charge on any atom is 0.242 e. The van der Waals surface area contributed by atoms with Gasteiger partial charge in [0.1, 0.15) is 0 Å². The van der Waals surface area contributed by atoms with E-state index in [4.69, 9.17) is 0 Å². The van der Waals surface area contributed by atoms with Gasteiger partial charge in [-0.1, -0.05) is 238 Å². The zero-order chi connectivity index (χ0) is 45.0. The highest BCUT2D eigenvalue weighted by Crippen LogP contribution is 2.89. The second-order valence-corrected chi connectivity index (χ2v) is 25.3. The van der Waals surface area contributed by atoms with E-state index < -0.39 is 8.07 Å². The van der Waals surface area contributed by atoms with Crippen molar-refractivity contribution in [2.75, 3.05) is 0 Å². The van der Waals surface area contributed by atoms with Crippen LogP contribution in [0.1, 0.15) is 76.6 Å². The lowest BCUT2D eigenvalue weighted by Crippen LogP contribution is -2.74. The molecule has 8 aromatic rings. The summed E-state index contributed by atoms with van der Waals surface area (Å²) in [7, 11) is -2.57. The second kappa shape index (κ2) is 15.3. The monoisotopic (exact) mass is 868 g/mol. The zero-order valence-electron chi connectivity index (χ0n) is 39.7. The van der Waals surface area contributed by atoms with E-state index in [-0.39, 0.29) is 17.5 Å². The van der Waals surface area contributed by atoms with Crippen LogP contribution < -0.4 is 37.1 Å². The molecule has 324 valence electrons. The lowest BCUT2D eigenvalue weighted by Gasteiger charge is -2.49. The van der Waals surface area contributed by atoms with Gasteiger partial charge < -0.3 is 0 Å². The molecule has 5 atom stereocenters. The van der Waals surface area contributed by atoms with Gasteiger partial charge in [-0.3, -0.25) is 0 Å². The predicted octanol–water partition coefficient (Wildman–Crippen LogP) is 10.5. The summed E-state index contributed by atoms with van der Waals surface area (Å²) < 4.78 is 0. The van der Waals surface area contributed by atoms with Crippen LogP contribution in [-0.2, 0) is 10.8 Å². The van der Waals surface area contributed by atoms with Crippen molar-refractivity contribution in [2.24, 2.45) is 17.3 Å². The first-order valence-electron chi connectivity index (χ1n) is 24.7. The van der Waals surface area contributed by atoms with Crippen molar-refractivity contribution in [2.45, 2.75) is 84.5 Å². The molecule has 0 saturated heterocycles. The highest BCUT2D eigenvalue weighted by atomic mass is 28.3. The molecule has 2 heteroatoms. The van der Waals surface area contributed by atoms with E-state index in [1.54, 1.807) is 11.1 Å². The lowest BCUT2D eigenvalue weighted by molar-refractivity contribution is 0.0415. The Bertz CT molecular complexity index is 2940. The first-order chi connectivity index (χ1) is 32.0. The molecule has 0 nitrogen and oxygen atoms in total. The molecule has 0 N–H and O–H groups in total. The standard InChI is InChI=1S/C64H61BSi/c1-43-33-45(3)60(46(4)34-43)65(61-47(5)35-44(2)36-48(61)6)54-18-16-17-50(37-54)49-25-27-53(28-26-49)64-41-62(38-51-39-63(64,42-64)59(51)40-62)52-29-31-58(32-30-52)66(55-19-10-7-11-20-55,56-21-12-8-13-22-56)57-23-14-9-15-24-57/h7-37,51,59H,38-42H2,1-6H3. The van der Waals surface area contributed by atoms with Crippen LogP contribution in [0.4, 0.5) is 0 Å². The van der Waals surface area contributed by atoms with Crippen molar-refractivity contribution in [1.29, 1.82) is 0 Å². The van der Waals surface area contributed by atoms with Gasteiger partial charge in [-0.25, -0.2) is 0 Å². The third-order valence-corrected chi connectivity index (χ3v) is 22.6. The Morgan fingerprint density at radius 1 is 0.424 bits per heavy atom. The fourth-order valence-electron chi connectivity index (χ4n) is 15.5.